The number of H-pyrrole nitrogens is 1. The number of halogens is 1. The molecule has 0 amide bonds. The predicted octanol–water partition coefficient (Wildman–Crippen LogP) is 2.85. The first-order valence-corrected chi connectivity index (χ1v) is 9.53. The largest absolute Gasteiger partial charge is 0.342 e. The summed E-state index contributed by atoms with van der Waals surface area (Å²) in [5, 5.41) is 0. The van der Waals surface area contributed by atoms with Gasteiger partial charge >= 0.3 is 0 Å². The van der Waals surface area contributed by atoms with Crippen molar-refractivity contribution >= 4 is 5.95 Å². The van der Waals surface area contributed by atoms with Gasteiger partial charge in [-0.05, 0) is 18.9 Å². The molecule has 0 bridgehead atoms. The van der Waals surface area contributed by atoms with E-state index in [9.17, 15) is 9.18 Å². The maximum atomic E-state index is 13.9. The first-order valence-electron chi connectivity index (χ1n) is 9.53. The van der Waals surface area contributed by atoms with Gasteiger partial charge in [0.1, 0.15) is 5.82 Å². The highest BCUT2D eigenvalue weighted by atomic mass is 19.1. The third-order valence-corrected chi connectivity index (χ3v) is 5.39. The summed E-state index contributed by atoms with van der Waals surface area (Å²) in [5.41, 5.74) is 2.25. The van der Waals surface area contributed by atoms with Crippen LogP contribution >= 0.6 is 0 Å². The topological polar surface area (TPSA) is 52.2 Å². The minimum atomic E-state index is -0.193. The molecule has 1 N–H and O–H groups in total. The van der Waals surface area contributed by atoms with Crippen LogP contribution in [0.5, 0.6) is 0 Å². The van der Waals surface area contributed by atoms with E-state index < -0.39 is 0 Å². The van der Waals surface area contributed by atoms with Crippen LogP contribution in [0.25, 0.3) is 0 Å². The number of aromatic amines is 1. The van der Waals surface area contributed by atoms with E-state index in [0.29, 0.717) is 18.7 Å². The molecule has 26 heavy (non-hydrogen) atoms. The van der Waals surface area contributed by atoms with Crippen molar-refractivity contribution in [3.05, 3.63) is 57.3 Å². The van der Waals surface area contributed by atoms with Gasteiger partial charge in [0.15, 0.2) is 0 Å². The summed E-state index contributed by atoms with van der Waals surface area (Å²) in [6.45, 7) is 3.74. The smallest absolute Gasteiger partial charge is 0.257 e. The van der Waals surface area contributed by atoms with Gasteiger partial charge in [-0.15, -0.1) is 0 Å². The van der Waals surface area contributed by atoms with E-state index in [1.807, 2.05) is 6.07 Å². The number of rotatable bonds is 3. The summed E-state index contributed by atoms with van der Waals surface area (Å²) < 4.78 is 13.9. The minimum Gasteiger partial charge on any atom is -0.342 e. The molecule has 6 heteroatoms. The molecule has 2 aliphatic heterocycles. The van der Waals surface area contributed by atoms with Crippen molar-refractivity contribution < 1.29 is 4.39 Å². The Bertz CT molecular complexity index is 827. The van der Waals surface area contributed by atoms with E-state index in [4.69, 9.17) is 4.98 Å². The molecule has 138 valence electrons. The average molecular weight is 356 g/mol. The lowest BCUT2D eigenvalue weighted by atomic mass is 10.1. The molecule has 4 rings (SSSR count). The quantitative estimate of drug-likeness (QED) is 0.919. The molecule has 0 unspecified atom stereocenters. The van der Waals surface area contributed by atoms with Gasteiger partial charge < -0.3 is 4.90 Å². The molecule has 0 radical (unpaired) electrons. The molecule has 2 aromatic rings. The Labute approximate surface area is 152 Å². The summed E-state index contributed by atoms with van der Waals surface area (Å²) in [6, 6.07) is 6.83. The molecule has 0 saturated carbocycles. The fraction of sp³-hybridized carbons (Fsp3) is 0.500. The lowest BCUT2D eigenvalue weighted by molar-refractivity contribution is 0.238. The average Bonchev–Trinajstić information content (AvgIpc) is 2.93. The van der Waals surface area contributed by atoms with Crippen LogP contribution in [0, 0.1) is 5.82 Å². The van der Waals surface area contributed by atoms with E-state index >= 15 is 0 Å². The summed E-state index contributed by atoms with van der Waals surface area (Å²) in [5.74, 6) is 0.528. The van der Waals surface area contributed by atoms with Gasteiger partial charge in [0.05, 0.1) is 11.3 Å². The van der Waals surface area contributed by atoms with E-state index in [1.165, 1.54) is 18.9 Å². The fourth-order valence-electron chi connectivity index (χ4n) is 3.90. The van der Waals surface area contributed by atoms with E-state index in [1.54, 1.807) is 12.1 Å². The van der Waals surface area contributed by atoms with Crippen molar-refractivity contribution in [3.63, 3.8) is 0 Å². The molecule has 0 atom stereocenters. The summed E-state index contributed by atoms with van der Waals surface area (Å²) in [6.07, 6.45) is 5.52. The standard InChI is InChI=1S/C20H25FN4O/c21-17-8-4-3-7-15(17)13-24-12-9-18-16(14-24)19(26)23-20(22-18)25-10-5-1-2-6-11-25/h3-4,7-8H,1-2,5-6,9-14H2,(H,22,23,26). The molecule has 0 aliphatic carbocycles. The zero-order chi connectivity index (χ0) is 17.9. The number of fused-ring (bicyclic) bond motifs is 1. The van der Waals surface area contributed by atoms with Crippen LogP contribution in [0.2, 0.25) is 0 Å². The minimum absolute atomic E-state index is 0.0486. The number of nitrogens with zero attached hydrogens (tertiary/aromatic N) is 3. The van der Waals surface area contributed by atoms with Gasteiger partial charge in [-0.1, -0.05) is 31.0 Å². The second-order valence-electron chi connectivity index (χ2n) is 7.27. The number of anilines is 1. The van der Waals surface area contributed by atoms with Gasteiger partial charge in [0.25, 0.3) is 5.56 Å². The normalized spacial score (nSPS) is 18.4. The van der Waals surface area contributed by atoms with Crippen LogP contribution in [0.3, 0.4) is 0 Å². The highest BCUT2D eigenvalue weighted by molar-refractivity contribution is 5.34. The van der Waals surface area contributed by atoms with Crippen molar-refractivity contribution in [1.82, 2.24) is 14.9 Å². The Balaban J connectivity index is 1.53. The molecular formula is C20H25FN4O. The maximum Gasteiger partial charge on any atom is 0.257 e. The van der Waals surface area contributed by atoms with Gasteiger partial charge in [-0.25, -0.2) is 9.37 Å². The van der Waals surface area contributed by atoms with Crippen LogP contribution < -0.4 is 10.5 Å². The Morgan fingerprint density at radius 2 is 1.85 bits per heavy atom. The molecule has 1 saturated heterocycles. The molecule has 1 aromatic heterocycles. The van der Waals surface area contributed by atoms with Gasteiger partial charge in [0.2, 0.25) is 5.95 Å². The number of benzene rings is 1. The highest BCUT2D eigenvalue weighted by Gasteiger charge is 2.23. The summed E-state index contributed by atoms with van der Waals surface area (Å²) in [7, 11) is 0. The maximum absolute atomic E-state index is 13.9. The zero-order valence-electron chi connectivity index (χ0n) is 15.0. The van der Waals surface area contributed by atoms with E-state index in [0.717, 1.165) is 56.1 Å². The second-order valence-corrected chi connectivity index (χ2v) is 7.27. The first kappa shape index (κ1) is 17.2. The van der Waals surface area contributed by atoms with Gasteiger partial charge in [-0.3, -0.25) is 14.7 Å². The van der Waals surface area contributed by atoms with Gasteiger partial charge in [-0.2, -0.15) is 0 Å². The lowest BCUT2D eigenvalue weighted by Crippen LogP contribution is -2.37. The second kappa shape index (κ2) is 7.58. The zero-order valence-corrected chi connectivity index (χ0v) is 15.0. The van der Waals surface area contributed by atoms with Crippen LogP contribution in [0.15, 0.2) is 29.1 Å². The third kappa shape index (κ3) is 3.65. The molecule has 1 aromatic carbocycles. The monoisotopic (exact) mass is 356 g/mol. The molecular weight excluding hydrogens is 331 g/mol. The van der Waals surface area contributed by atoms with Crippen molar-refractivity contribution in [1.29, 1.82) is 0 Å². The van der Waals surface area contributed by atoms with Crippen molar-refractivity contribution in [2.75, 3.05) is 24.5 Å². The first-order chi connectivity index (χ1) is 12.7. The molecule has 1 fully saturated rings. The Morgan fingerprint density at radius 1 is 1.08 bits per heavy atom. The van der Waals surface area contributed by atoms with E-state index in [2.05, 4.69) is 14.8 Å². The highest BCUT2D eigenvalue weighted by Crippen LogP contribution is 2.21. The Kier molecular flexibility index (Phi) is 5.02. The number of nitrogens with one attached hydrogen (secondary N) is 1. The fourth-order valence-corrected chi connectivity index (χ4v) is 3.90. The lowest BCUT2D eigenvalue weighted by Gasteiger charge is -2.29. The molecule has 3 heterocycles. The molecule has 5 nitrogen and oxygen atoms in total. The van der Waals surface area contributed by atoms with Crippen molar-refractivity contribution in [3.8, 4) is 0 Å². The summed E-state index contributed by atoms with van der Waals surface area (Å²) >= 11 is 0. The van der Waals surface area contributed by atoms with Crippen LogP contribution in [0.4, 0.5) is 10.3 Å². The number of hydrogen-bond donors (Lipinski definition) is 1. The third-order valence-electron chi connectivity index (χ3n) is 5.39. The van der Waals surface area contributed by atoms with Crippen LogP contribution in [-0.2, 0) is 19.5 Å². The Morgan fingerprint density at radius 3 is 2.62 bits per heavy atom. The van der Waals surface area contributed by atoms with E-state index in [-0.39, 0.29) is 11.4 Å². The van der Waals surface area contributed by atoms with Gasteiger partial charge in [0, 0.05) is 44.7 Å². The van der Waals surface area contributed by atoms with Crippen molar-refractivity contribution in [2.24, 2.45) is 0 Å². The van der Waals surface area contributed by atoms with Crippen molar-refractivity contribution in [2.45, 2.75) is 45.2 Å². The predicted molar refractivity (Wildman–Crippen MR) is 99.8 cm³/mol. The van der Waals surface area contributed by atoms with Crippen LogP contribution in [0.1, 0.15) is 42.5 Å². The molecule has 2 aliphatic rings. The number of hydrogen-bond acceptors (Lipinski definition) is 4. The summed E-state index contributed by atoms with van der Waals surface area (Å²) in [4.78, 5) is 24.7. The SMILES string of the molecule is O=c1[nH]c(N2CCCCCC2)nc2c1CN(Cc1ccccc1F)CC2. The molecule has 0 spiro atoms. The van der Waals surface area contributed by atoms with Crippen LogP contribution in [-0.4, -0.2) is 34.5 Å². The Hall–Kier alpha value is -2.21. The number of aromatic nitrogens is 2.